The Morgan fingerprint density at radius 2 is 1.76 bits per heavy atom. The molecule has 1 unspecified atom stereocenters. The number of carbonyl (C=O) groups is 1. The van der Waals surface area contributed by atoms with Gasteiger partial charge in [0.15, 0.2) is 0 Å². The van der Waals surface area contributed by atoms with Crippen LogP contribution in [0.25, 0.3) is 0 Å². The lowest BCUT2D eigenvalue weighted by Gasteiger charge is -2.38. The van der Waals surface area contributed by atoms with Gasteiger partial charge in [-0.25, -0.2) is 8.42 Å². The molecule has 1 amide bonds. The van der Waals surface area contributed by atoms with Crippen molar-refractivity contribution in [1.29, 1.82) is 0 Å². The van der Waals surface area contributed by atoms with E-state index in [-0.39, 0.29) is 68.0 Å². The monoisotopic (exact) mass is 618 g/mol. The van der Waals surface area contributed by atoms with Crippen LogP contribution < -0.4 is 4.74 Å². The number of alkyl halides is 3. The lowest BCUT2D eigenvalue weighted by Crippen LogP contribution is -2.46. The fourth-order valence-corrected chi connectivity index (χ4v) is 7.73. The fourth-order valence-electron chi connectivity index (χ4n) is 5.57. The number of sulfonamides is 1. The zero-order valence-electron chi connectivity index (χ0n) is 23.1. The quantitative estimate of drug-likeness (QED) is 0.467. The molecule has 2 aromatic carbocycles. The third-order valence-corrected chi connectivity index (χ3v) is 10.3. The summed E-state index contributed by atoms with van der Waals surface area (Å²) in [4.78, 5) is 14.5. The number of rotatable bonds is 8. The average molecular weight is 619 g/mol. The van der Waals surface area contributed by atoms with Gasteiger partial charge in [0.1, 0.15) is 12.4 Å². The van der Waals surface area contributed by atoms with Gasteiger partial charge < -0.3 is 19.5 Å². The van der Waals surface area contributed by atoms with Gasteiger partial charge in [0.05, 0.1) is 34.8 Å². The number of methoxy groups -OCH3 is 1. The average Bonchev–Trinajstić information content (AvgIpc) is 3.38. The molecule has 0 radical (unpaired) electrons. The van der Waals surface area contributed by atoms with Gasteiger partial charge in [-0.2, -0.15) is 17.5 Å². The summed E-state index contributed by atoms with van der Waals surface area (Å²) in [5.41, 5.74) is -1.19. The number of carbonyl (C=O) groups excluding carboxylic acids is 1. The van der Waals surface area contributed by atoms with Crippen LogP contribution in [-0.4, -0.2) is 75.1 Å². The van der Waals surface area contributed by atoms with Crippen LogP contribution in [0.1, 0.15) is 41.5 Å². The van der Waals surface area contributed by atoms with E-state index in [0.717, 1.165) is 12.1 Å². The third-order valence-electron chi connectivity index (χ3n) is 7.85. The van der Waals surface area contributed by atoms with Crippen LogP contribution in [0.3, 0.4) is 0 Å². The van der Waals surface area contributed by atoms with Crippen molar-refractivity contribution in [2.45, 2.75) is 49.8 Å². The molecule has 41 heavy (non-hydrogen) atoms. The highest BCUT2D eigenvalue weighted by Gasteiger charge is 2.39. The Labute approximate surface area is 243 Å². The first-order valence-corrected chi connectivity index (χ1v) is 15.1. The molecular formula is C28H34ClF3N2O6S. The van der Waals surface area contributed by atoms with Gasteiger partial charge in [-0.3, -0.25) is 4.79 Å². The fraction of sp³-hybridized carbons (Fsp3) is 0.536. The lowest BCUT2D eigenvalue weighted by atomic mass is 9.83. The smallest absolute Gasteiger partial charge is 0.417 e. The topological polar surface area (TPSA) is 96.4 Å². The van der Waals surface area contributed by atoms with Crippen molar-refractivity contribution in [3.05, 3.63) is 57.6 Å². The standard InChI is InChI=1S/C28H34ClF3N2O6S/c1-18-12-22(39-3)13-19(2)26(18)41(37,38)34-9-6-20(15-34)16-40-17-25(35)33-10-7-27(36,8-11-33)21-4-5-24(29)23(14-21)28(30,31)32/h4-5,12-14,20,36H,6-11,15-17H2,1-3H3. The van der Waals surface area contributed by atoms with E-state index < -0.39 is 32.4 Å². The number of amides is 1. The molecule has 2 heterocycles. The van der Waals surface area contributed by atoms with Gasteiger partial charge in [-0.15, -0.1) is 0 Å². The summed E-state index contributed by atoms with van der Waals surface area (Å²) in [5.74, 6) is 0.219. The van der Waals surface area contributed by atoms with E-state index in [2.05, 4.69) is 0 Å². The Morgan fingerprint density at radius 1 is 1.12 bits per heavy atom. The molecule has 0 spiro atoms. The number of hydrogen-bond donors (Lipinski definition) is 1. The Kier molecular flexibility index (Phi) is 9.30. The van der Waals surface area contributed by atoms with E-state index in [0.29, 0.717) is 29.8 Å². The van der Waals surface area contributed by atoms with Crippen molar-refractivity contribution < 1.29 is 41.0 Å². The molecule has 0 aliphatic carbocycles. The van der Waals surface area contributed by atoms with Gasteiger partial charge >= 0.3 is 6.18 Å². The van der Waals surface area contributed by atoms with Crippen LogP contribution in [0.5, 0.6) is 5.75 Å². The van der Waals surface area contributed by atoms with E-state index in [1.165, 1.54) is 22.4 Å². The molecule has 2 fully saturated rings. The summed E-state index contributed by atoms with van der Waals surface area (Å²) >= 11 is 5.70. The molecular weight excluding hydrogens is 585 g/mol. The number of nitrogens with zero attached hydrogens (tertiary/aromatic N) is 2. The van der Waals surface area contributed by atoms with E-state index in [1.807, 2.05) is 0 Å². The molecule has 8 nitrogen and oxygen atoms in total. The first kappa shape index (κ1) is 31.6. The van der Waals surface area contributed by atoms with Gasteiger partial charge in [-0.1, -0.05) is 17.7 Å². The van der Waals surface area contributed by atoms with Gasteiger partial charge in [-0.05, 0) is 80.0 Å². The molecule has 4 rings (SSSR count). The Bertz CT molecular complexity index is 1370. The second-order valence-corrected chi connectivity index (χ2v) is 13.0. The second-order valence-electron chi connectivity index (χ2n) is 10.7. The highest BCUT2D eigenvalue weighted by molar-refractivity contribution is 7.89. The van der Waals surface area contributed by atoms with E-state index >= 15 is 0 Å². The number of benzene rings is 2. The number of likely N-dealkylation sites (tertiary alicyclic amines) is 1. The summed E-state index contributed by atoms with van der Waals surface area (Å²) in [6.45, 7) is 4.40. The molecule has 2 aliphatic rings. The minimum Gasteiger partial charge on any atom is -0.497 e. The maximum absolute atomic E-state index is 13.3. The third kappa shape index (κ3) is 6.83. The van der Waals surface area contributed by atoms with Crippen LogP contribution in [0.2, 0.25) is 5.02 Å². The summed E-state index contributed by atoms with van der Waals surface area (Å²) in [6.07, 6.45) is -3.92. The summed E-state index contributed by atoms with van der Waals surface area (Å²) in [6, 6.07) is 6.75. The van der Waals surface area contributed by atoms with Crippen molar-refractivity contribution in [2.75, 3.05) is 46.5 Å². The summed E-state index contributed by atoms with van der Waals surface area (Å²) < 4.78 is 78.8. The van der Waals surface area contributed by atoms with Crippen LogP contribution in [0, 0.1) is 19.8 Å². The van der Waals surface area contributed by atoms with Crippen molar-refractivity contribution in [2.24, 2.45) is 5.92 Å². The summed E-state index contributed by atoms with van der Waals surface area (Å²) in [7, 11) is -2.18. The highest BCUT2D eigenvalue weighted by atomic mass is 35.5. The Morgan fingerprint density at radius 3 is 2.34 bits per heavy atom. The minimum absolute atomic E-state index is 0.0668. The van der Waals surface area contributed by atoms with Crippen LogP contribution in [0.4, 0.5) is 13.2 Å². The SMILES string of the molecule is COc1cc(C)c(S(=O)(=O)N2CCC(COCC(=O)N3CCC(O)(c4ccc(Cl)c(C(F)(F)F)c4)CC3)C2)c(C)c1. The van der Waals surface area contributed by atoms with Crippen molar-refractivity contribution in [3.8, 4) is 5.75 Å². The number of aryl methyl sites for hydroxylation is 2. The van der Waals surface area contributed by atoms with Crippen molar-refractivity contribution in [3.63, 3.8) is 0 Å². The van der Waals surface area contributed by atoms with E-state index in [4.69, 9.17) is 21.1 Å². The van der Waals surface area contributed by atoms with Gasteiger partial charge in [0.2, 0.25) is 15.9 Å². The predicted octanol–water partition coefficient (Wildman–Crippen LogP) is 4.52. The van der Waals surface area contributed by atoms with Crippen LogP contribution in [-0.2, 0) is 31.3 Å². The molecule has 0 aromatic heterocycles. The van der Waals surface area contributed by atoms with Crippen molar-refractivity contribution in [1.82, 2.24) is 9.21 Å². The number of aliphatic hydroxyl groups is 1. The Balaban J connectivity index is 1.27. The molecule has 1 N–H and O–H groups in total. The van der Waals surface area contributed by atoms with Gasteiger partial charge in [0.25, 0.3) is 0 Å². The van der Waals surface area contributed by atoms with E-state index in [1.54, 1.807) is 26.0 Å². The molecule has 226 valence electrons. The first-order chi connectivity index (χ1) is 19.2. The maximum Gasteiger partial charge on any atom is 0.417 e. The number of piperidine rings is 1. The molecule has 2 aromatic rings. The van der Waals surface area contributed by atoms with Gasteiger partial charge in [0, 0.05) is 26.2 Å². The largest absolute Gasteiger partial charge is 0.497 e. The zero-order chi connectivity index (χ0) is 30.2. The van der Waals surface area contributed by atoms with Crippen LogP contribution >= 0.6 is 11.6 Å². The first-order valence-electron chi connectivity index (χ1n) is 13.3. The molecule has 0 saturated carbocycles. The second kappa shape index (κ2) is 12.1. The number of ether oxygens (including phenoxy) is 2. The predicted molar refractivity (Wildman–Crippen MR) is 146 cm³/mol. The Hall–Kier alpha value is -2.38. The molecule has 2 aliphatic heterocycles. The molecule has 0 bridgehead atoms. The van der Waals surface area contributed by atoms with Crippen molar-refractivity contribution >= 4 is 27.5 Å². The summed E-state index contributed by atoms with van der Waals surface area (Å²) in [5, 5.41) is 10.6. The maximum atomic E-state index is 13.3. The number of halogens is 4. The van der Waals surface area contributed by atoms with Crippen LogP contribution in [0.15, 0.2) is 35.2 Å². The highest BCUT2D eigenvalue weighted by Crippen LogP contribution is 2.40. The van der Waals surface area contributed by atoms with E-state index in [9.17, 15) is 31.5 Å². The molecule has 2 saturated heterocycles. The zero-order valence-corrected chi connectivity index (χ0v) is 24.7. The normalized spacial score (nSPS) is 19.9. The molecule has 13 heteroatoms. The number of hydrogen-bond acceptors (Lipinski definition) is 6. The minimum atomic E-state index is -4.65. The lowest BCUT2D eigenvalue weighted by molar-refractivity contribution is -0.141. The molecule has 1 atom stereocenters.